The maximum Gasteiger partial charge on any atom is 0.264 e. The van der Waals surface area contributed by atoms with Crippen molar-refractivity contribution in [1.29, 1.82) is 0 Å². The van der Waals surface area contributed by atoms with Gasteiger partial charge in [0.15, 0.2) is 0 Å². The quantitative estimate of drug-likeness (QED) is 0.884. The minimum atomic E-state index is 0.0217. The fourth-order valence-corrected chi connectivity index (χ4v) is 3.99. The number of methoxy groups -OCH3 is 1. The number of thiophene rings is 1. The second-order valence-electron chi connectivity index (χ2n) is 5.68. The lowest BCUT2D eigenvalue weighted by atomic mass is 10.1. The Labute approximate surface area is 140 Å². The second kappa shape index (κ2) is 7.15. The zero-order valence-corrected chi connectivity index (χ0v) is 14.0. The maximum atomic E-state index is 13.0. The topological polar surface area (TPSA) is 49.8 Å². The van der Waals surface area contributed by atoms with Crippen molar-refractivity contribution < 1.29 is 14.6 Å². The summed E-state index contributed by atoms with van der Waals surface area (Å²) >= 11 is 1.41. The standard InChI is InChI=1S/C18H21NO3S/c1-22-14-11-17(23-12-14)18(21)19(9-4-10-20)16-8-7-13-5-2-3-6-15(13)16/h2-3,5-6,11-12,16,20H,4,7-10H2,1H3/t16-/m1/s1. The number of aryl methyl sites for hydroxylation is 1. The summed E-state index contributed by atoms with van der Waals surface area (Å²) in [6.45, 7) is 0.653. The number of amides is 1. The summed E-state index contributed by atoms with van der Waals surface area (Å²) in [5.74, 6) is 0.737. The summed E-state index contributed by atoms with van der Waals surface area (Å²) < 4.78 is 5.19. The van der Waals surface area contributed by atoms with Crippen molar-refractivity contribution in [2.75, 3.05) is 20.3 Å². The first-order chi connectivity index (χ1) is 11.2. The van der Waals surface area contributed by atoms with E-state index in [1.54, 1.807) is 13.2 Å². The highest BCUT2D eigenvalue weighted by molar-refractivity contribution is 7.12. The SMILES string of the molecule is COc1csc(C(=O)N(CCCO)[C@@H]2CCc3ccccc32)c1. The molecular weight excluding hydrogens is 310 g/mol. The minimum Gasteiger partial charge on any atom is -0.496 e. The molecule has 1 aromatic heterocycles. The molecule has 1 aromatic carbocycles. The third-order valence-electron chi connectivity index (χ3n) is 4.32. The van der Waals surface area contributed by atoms with Crippen LogP contribution in [0.1, 0.15) is 39.7 Å². The van der Waals surface area contributed by atoms with Crippen LogP contribution in [0.5, 0.6) is 5.75 Å². The molecule has 1 amide bonds. The Morgan fingerprint density at radius 3 is 3.00 bits per heavy atom. The number of aliphatic hydroxyl groups is 1. The first-order valence-electron chi connectivity index (χ1n) is 7.86. The van der Waals surface area contributed by atoms with Crippen molar-refractivity contribution in [1.82, 2.24) is 4.90 Å². The average Bonchev–Trinajstić information content (AvgIpc) is 3.22. The van der Waals surface area contributed by atoms with Gasteiger partial charge in [0, 0.05) is 24.6 Å². The largest absolute Gasteiger partial charge is 0.496 e. The summed E-state index contributed by atoms with van der Waals surface area (Å²) in [5.41, 5.74) is 2.56. The van der Waals surface area contributed by atoms with Gasteiger partial charge in [-0.05, 0) is 30.4 Å². The van der Waals surface area contributed by atoms with Gasteiger partial charge in [0.25, 0.3) is 5.91 Å². The van der Waals surface area contributed by atoms with Gasteiger partial charge in [-0.2, -0.15) is 0 Å². The lowest BCUT2D eigenvalue weighted by Crippen LogP contribution is -2.34. The molecule has 0 spiro atoms. The van der Waals surface area contributed by atoms with Gasteiger partial charge in [0.05, 0.1) is 18.0 Å². The first kappa shape index (κ1) is 16.0. The molecule has 5 heteroatoms. The van der Waals surface area contributed by atoms with Gasteiger partial charge in [0.2, 0.25) is 0 Å². The van der Waals surface area contributed by atoms with Crippen molar-refractivity contribution in [3.63, 3.8) is 0 Å². The van der Waals surface area contributed by atoms with Crippen LogP contribution < -0.4 is 4.74 Å². The molecule has 0 fully saturated rings. The number of fused-ring (bicyclic) bond motifs is 1. The fraction of sp³-hybridized carbons (Fsp3) is 0.389. The number of carbonyl (C=O) groups excluding carboxylic acids is 1. The summed E-state index contributed by atoms with van der Waals surface area (Å²) in [6, 6.07) is 10.2. The van der Waals surface area contributed by atoms with Crippen LogP contribution in [0.25, 0.3) is 0 Å². The molecule has 0 unspecified atom stereocenters. The molecule has 1 atom stereocenters. The molecule has 0 saturated heterocycles. The number of nitrogens with zero attached hydrogens (tertiary/aromatic N) is 1. The van der Waals surface area contributed by atoms with Crippen LogP contribution in [0.2, 0.25) is 0 Å². The highest BCUT2D eigenvalue weighted by Crippen LogP contribution is 2.37. The Bertz CT molecular complexity index is 682. The third-order valence-corrected chi connectivity index (χ3v) is 5.21. The third kappa shape index (κ3) is 3.26. The van der Waals surface area contributed by atoms with Gasteiger partial charge in [-0.15, -0.1) is 11.3 Å². The molecule has 0 saturated carbocycles. The second-order valence-corrected chi connectivity index (χ2v) is 6.59. The Kier molecular flexibility index (Phi) is 4.98. The van der Waals surface area contributed by atoms with Gasteiger partial charge in [0.1, 0.15) is 5.75 Å². The van der Waals surface area contributed by atoms with Crippen molar-refractivity contribution in [3.8, 4) is 5.75 Å². The molecule has 1 N–H and O–H groups in total. The van der Waals surface area contributed by atoms with Crippen molar-refractivity contribution in [2.24, 2.45) is 0 Å². The predicted molar refractivity (Wildman–Crippen MR) is 91.1 cm³/mol. The van der Waals surface area contributed by atoms with Crippen LogP contribution in [0, 0.1) is 0 Å². The summed E-state index contributed by atoms with van der Waals surface area (Å²) in [6.07, 6.45) is 2.53. The van der Waals surface area contributed by atoms with Gasteiger partial charge < -0.3 is 14.7 Å². The summed E-state index contributed by atoms with van der Waals surface area (Å²) in [5, 5.41) is 11.0. The van der Waals surface area contributed by atoms with Crippen molar-refractivity contribution >= 4 is 17.2 Å². The van der Waals surface area contributed by atoms with Gasteiger partial charge in [-0.3, -0.25) is 4.79 Å². The molecule has 1 heterocycles. The summed E-state index contributed by atoms with van der Waals surface area (Å²) in [4.78, 5) is 15.6. The Morgan fingerprint density at radius 2 is 2.26 bits per heavy atom. The van der Waals surface area contributed by atoms with Crippen LogP contribution in [-0.2, 0) is 6.42 Å². The van der Waals surface area contributed by atoms with Crippen molar-refractivity contribution in [3.05, 3.63) is 51.7 Å². The number of carbonyl (C=O) groups is 1. The number of hydrogen-bond acceptors (Lipinski definition) is 4. The smallest absolute Gasteiger partial charge is 0.264 e. The number of benzene rings is 1. The van der Waals surface area contributed by atoms with E-state index in [-0.39, 0.29) is 18.6 Å². The van der Waals surface area contributed by atoms with Crippen LogP contribution in [0.15, 0.2) is 35.7 Å². The number of rotatable bonds is 6. The van der Waals surface area contributed by atoms with Gasteiger partial charge in [-0.1, -0.05) is 24.3 Å². The minimum absolute atomic E-state index is 0.0217. The normalized spacial score (nSPS) is 16.2. The molecule has 122 valence electrons. The van der Waals surface area contributed by atoms with E-state index < -0.39 is 0 Å². The van der Waals surface area contributed by atoms with Gasteiger partial charge in [-0.25, -0.2) is 0 Å². The zero-order chi connectivity index (χ0) is 16.2. The van der Waals surface area contributed by atoms with Gasteiger partial charge >= 0.3 is 0 Å². The molecule has 3 rings (SSSR count). The van der Waals surface area contributed by atoms with E-state index in [2.05, 4.69) is 12.1 Å². The molecular formula is C18H21NO3S. The number of aliphatic hydroxyl groups excluding tert-OH is 1. The number of ether oxygens (including phenoxy) is 1. The van der Waals surface area contributed by atoms with E-state index in [1.807, 2.05) is 22.4 Å². The molecule has 0 bridgehead atoms. The highest BCUT2D eigenvalue weighted by atomic mass is 32.1. The molecule has 1 aliphatic carbocycles. The highest BCUT2D eigenvalue weighted by Gasteiger charge is 2.31. The molecule has 2 aromatic rings. The molecule has 1 aliphatic rings. The first-order valence-corrected chi connectivity index (χ1v) is 8.74. The van der Waals surface area contributed by atoms with E-state index in [9.17, 15) is 9.90 Å². The van der Waals surface area contributed by atoms with E-state index in [4.69, 9.17) is 4.74 Å². The van der Waals surface area contributed by atoms with E-state index in [1.165, 1.54) is 22.5 Å². The monoisotopic (exact) mass is 331 g/mol. The molecule has 4 nitrogen and oxygen atoms in total. The van der Waals surface area contributed by atoms with E-state index >= 15 is 0 Å². The average molecular weight is 331 g/mol. The lowest BCUT2D eigenvalue weighted by Gasteiger charge is -2.29. The van der Waals surface area contributed by atoms with Crippen molar-refractivity contribution in [2.45, 2.75) is 25.3 Å². The Balaban J connectivity index is 1.87. The Morgan fingerprint density at radius 1 is 1.43 bits per heavy atom. The lowest BCUT2D eigenvalue weighted by molar-refractivity contribution is 0.0666. The summed E-state index contributed by atoms with van der Waals surface area (Å²) in [7, 11) is 1.60. The molecule has 0 aliphatic heterocycles. The van der Waals surface area contributed by atoms with Crippen LogP contribution in [0.3, 0.4) is 0 Å². The van der Waals surface area contributed by atoms with Crippen LogP contribution in [-0.4, -0.2) is 36.2 Å². The predicted octanol–water partition coefficient (Wildman–Crippen LogP) is 3.27. The zero-order valence-electron chi connectivity index (χ0n) is 13.2. The van der Waals surface area contributed by atoms with E-state index in [0.717, 1.165) is 12.8 Å². The fourth-order valence-electron chi connectivity index (χ4n) is 3.18. The Hall–Kier alpha value is -1.85. The van der Waals surface area contributed by atoms with Crippen LogP contribution >= 0.6 is 11.3 Å². The van der Waals surface area contributed by atoms with Crippen LogP contribution in [0.4, 0.5) is 0 Å². The number of hydrogen-bond donors (Lipinski definition) is 1. The maximum absolute atomic E-state index is 13.0. The molecule has 23 heavy (non-hydrogen) atoms. The van der Waals surface area contributed by atoms with E-state index in [0.29, 0.717) is 23.6 Å². The molecule has 0 radical (unpaired) electrons.